The molecular formula is C18H21NO6S2. The molecule has 1 saturated heterocycles. The standard InChI is InChI=1S/C18H21NO6S2/c1-4-13(18(2,16(20)21)27(3,23)24)14-10-19(17(22)25-14)12-6-5-11-7-8-26-15(11)9-12/h5-9,13-14H,4,10H2,1-3H3,(H,20,21)/t13?,14-,18-/m1/s1. The Morgan fingerprint density at radius 3 is 2.74 bits per heavy atom. The molecule has 1 aromatic carbocycles. The van der Waals surface area contributed by atoms with Gasteiger partial charge in [-0.05, 0) is 42.3 Å². The minimum absolute atomic E-state index is 0.104. The average Bonchev–Trinajstić information content (AvgIpc) is 3.19. The van der Waals surface area contributed by atoms with Crippen LogP contribution < -0.4 is 4.90 Å². The van der Waals surface area contributed by atoms with E-state index in [9.17, 15) is 23.1 Å². The molecule has 1 amide bonds. The molecule has 2 aromatic rings. The third-order valence-electron chi connectivity index (χ3n) is 5.38. The predicted octanol–water partition coefficient (Wildman–Crippen LogP) is 3.14. The SMILES string of the molecule is CCC([C@H]1CN(c2ccc3ccsc3c2)C(=O)O1)[C@](C)(C(=O)O)S(C)(=O)=O. The van der Waals surface area contributed by atoms with E-state index in [2.05, 4.69) is 0 Å². The van der Waals surface area contributed by atoms with Gasteiger partial charge in [0.1, 0.15) is 6.10 Å². The van der Waals surface area contributed by atoms with Crippen LogP contribution in [0.1, 0.15) is 20.3 Å². The fraction of sp³-hybridized carbons (Fsp3) is 0.444. The molecule has 0 bridgehead atoms. The first-order valence-corrected chi connectivity index (χ1v) is 11.2. The van der Waals surface area contributed by atoms with Crippen LogP contribution in [0.2, 0.25) is 0 Å². The van der Waals surface area contributed by atoms with E-state index in [0.29, 0.717) is 5.69 Å². The first-order valence-electron chi connectivity index (χ1n) is 8.48. The maximum absolute atomic E-state index is 12.4. The minimum Gasteiger partial charge on any atom is -0.480 e. The maximum atomic E-state index is 12.4. The molecule has 1 aromatic heterocycles. The number of amides is 1. The van der Waals surface area contributed by atoms with Crippen LogP contribution in [0.25, 0.3) is 10.1 Å². The molecule has 0 aliphatic carbocycles. The van der Waals surface area contributed by atoms with Gasteiger partial charge in [0.05, 0.1) is 6.54 Å². The molecule has 9 heteroatoms. The summed E-state index contributed by atoms with van der Waals surface area (Å²) in [4.78, 5) is 25.7. The van der Waals surface area contributed by atoms with Gasteiger partial charge in [0.2, 0.25) is 0 Å². The van der Waals surface area contributed by atoms with Crippen molar-refractivity contribution in [3.8, 4) is 0 Å². The summed E-state index contributed by atoms with van der Waals surface area (Å²) >= 11 is 1.55. The van der Waals surface area contributed by atoms with Crippen molar-refractivity contribution in [2.24, 2.45) is 5.92 Å². The van der Waals surface area contributed by atoms with E-state index < -0.39 is 38.7 Å². The summed E-state index contributed by atoms with van der Waals surface area (Å²) in [5.41, 5.74) is 0.642. The number of thiophene rings is 1. The van der Waals surface area contributed by atoms with Crippen LogP contribution in [0.5, 0.6) is 0 Å². The second kappa shape index (κ2) is 6.79. The summed E-state index contributed by atoms with van der Waals surface area (Å²) in [5.74, 6) is -2.31. The third-order valence-corrected chi connectivity index (χ3v) is 8.28. The third kappa shape index (κ3) is 3.19. The molecule has 1 fully saturated rings. The van der Waals surface area contributed by atoms with Crippen molar-refractivity contribution in [3.63, 3.8) is 0 Å². The molecule has 1 unspecified atom stereocenters. The topological polar surface area (TPSA) is 101 Å². The average molecular weight is 412 g/mol. The molecule has 1 aliphatic heterocycles. The highest BCUT2D eigenvalue weighted by atomic mass is 32.2. The number of rotatable bonds is 6. The van der Waals surface area contributed by atoms with Crippen LogP contribution in [0, 0.1) is 5.92 Å². The van der Waals surface area contributed by atoms with E-state index in [0.717, 1.165) is 16.3 Å². The highest BCUT2D eigenvalue weighted by Gasteiger charge is 2.55. The Morgan fingerprint density at radius 2 is 2.15 bits per heavy atom. The number of cyclic esters (lactones) is 1. The molecule has 0 spiro atoms. The highest BCUT2D eigenvalue weighted by molar-refractivity contribution is 7.92. The van der Waals surface area contributed by atoms with Crippen molar-refractivity contribution in [2.45, 2.75) is 31.1 Å². The smallest absolute Gasteiger partial charge is 0.414 e. The molecule has 7 nitrogen and oxygen atoms in total. The Morgan fingerprint density at radius 1 is 1.44 bits per heavy atom. The van der Waals surface area contributed by atoms with Crippen LogP contribution in [0.4, 0.5) is 10.5 Å². The molecule has 1 N–H and O–H groups in total. The van der Waals surface area contributed by atoms with Crippen LogP contribution in [0.3, 0.4) is 0 Å². The number of carboxylic acids is 1. The largest absolute Gasteiger partial charge is 0.480 e. The number of aliphatic carboxylic acids is 1. The summed E-state index contributed by atoms with van der Waals surface area (Å²) in [5, 5.41) is 12.7. The van der Waals surface area contributed by atoms with Crippen LogP contribution in [0.15, 0.2) is 29.6 Å². The van der Waals surface area contributed by atoms with E-state index in [1.54, 1.807) is 24.3 Å². The van der Waals surface area contributed by atoms with Crippen molar-refractivity contribution in [3.05, 3.63) is 29.6 Å². The van der Waals surface area contributed by atoms with Gasteiger partial charge in [0.25, 0.3) is 0 Å². The highest BCUT2D eigenvalue weighted by Crippen LogP contribution is 2.37. The normalized spacial score (nSPS) is 21.1. The number of anilines is 1. The number of carboxylic acid groups (broad SMARTS) is 1. The van der Waals surface area contributed by atoms with Crippen molar-refractivity contribution in [1.82, 2.24) is 0 Å². The minimum atomic E-state index is -3.94. The number of fused-ring (bicyclic) bond motifs is 1. The lowest BCUT2D eigenvalue weighted by Crippen LogP contribution is -2.54. The number of carbonyl (C=O) groups is 2. The van der Waals surface area contributed by atoms with E-state index >= 15 is 0 Å². The molecule has 27 heavy (non-hydrogen) atoms. The molecule has 3 rings (SSSR count). The first kappa shape index (κ1) is 19.6. The predicted molar refractivity (Wildman–Crippen MR) is 104 cm³/mol. The number of ether oxygens (including phenoxy) is 1. The lowest BCUT2D eigenvalue weighted by atomic mass is 9.85. The quantitative estimate of drug-likeness (QED) is 0.784. The van der Waals surface area contributed by atoms with Gasteiger partial charge in [-0.1, -0.05) is 13.0 Å². The Bertz CT molecular complexity index is 998. The summed E-state index contributed by atoms with van der Waals surface area (Å²) in [7, 11) is -3.94. The number of hydrogen-bond acceptors (Lipinski definition) is 6. The number of carbonyl (C=O) groups excluding carboxylic acids is 1. The van der Waals surface area contributed by atoms with E-state index in [1.807, 2.05) is 23.6 Å². The second-order valence-corrected chi connectivity index (χ2v) is 10.2. The van der Waals surface area contributed by atoms with Crippen LogP contribution >= 0.6 is 11.3 Å². The lowest BCUT2D eigenvalue weighted by molar-refractivity contribution is -0.142. The van der Waals surface area contributed by atoms with Crippen molar-refractivity contribution in [2.75, 3.05) is 17.7 Å². The Labute approximate surface area is 161 Å². The Hall–Kier alpha value is -2.13. The Balaban J connectivity index is 1.94. The monoisotopic (exact) mass is 411 g/mol. The molecular weight excluding hydrogens is 390 g/mol. The zero-order valence-corrected chi connectivity index (χ0v) is 16.8. The zero-order valence-electron chi connectivity index (χ0n) is 15.2. The fourth-order valence-corrected chi connectivity index (χ4v) is 5.62. The van der Waals surface area contributed by atoms with Gasteiger partial charge in [-0.15, -0.1) is 11.3 Å². The van der Waals surface area contributed by atoms with E-state index in [-0.39, 0.29) is 13.0 Å². The summed E-state index contributed by atoms with van der Waals surface area (Å²) in [6.07, 6.45) is -0.290. The molecule has 146 valence electrons. The number of sulfone groups is 1. The lowest BCUT2D eigenvalue weighted by Gasteiger charge is -2.34. The van der Waals surface area contributed by atoms with Crippen LogP contribution in [-0.4, -0.2) is 49.2 Å². The van der Waals surface area contributed by atoms with Crippen molar-refractivity contribution >= 4 is 49.0 Å². The van der Waals surface area contributed by atoms with Gasteiger partial charge in [-0.3, -0.25) is 9.69 Å². The number of nitrogens with zero attached hydrogens (tertiary/aromatic N) is 1. The van der Waals surface area contributed by atoms with Crippen molar-refractivity contribution < 1.29 is 27.9 Å². The van der Waals surface area contributed by atoms with Gasteiger partial charge in [-0.25, -0.2) is 13.2 Å². The van der Waals surface area contributed by atoms with Crippen molar-refractivity contribution in [1.29, 1.82) is 0 Å². The van der Waals surface area contributed by atoms with Gasteiger partial charge in [-0.2, -0.15) is 0 Å². The van der Waals surface area contributed by atoms with E-state index in [4.69, 9.17) is 4.74 Å². The van der Waals surface area contributed by atoms with Gasteiger partial charge >= 0.3 is 12.1 Å². The summed E-state index contributed by atoms with van der Waals surface area (Å²) < 4.78 is 28.9. The van der Waals surface area contributed by atoms with Crippen LogP contribution in [-0.2, 0) is 19.4 Å². The van der Waals surface area contributed by atoms with Gasteiger partial charge in [0.15, 0.2) is 14.6 Å². The molecule has 2 heterocycles. The number of hydrogen-bond donors (Lipinski definition) is 1. The van der Waals surface area contributed by atoms with Gasteiger partial charge < -0.3 is 9.84 Å². The summed E-state index contributed by atoms with van der Waals surface area (Å²) in [6.45, 7) is 2.99. The molecule has 1 aliphatic rings. The van der Waals surface area contributed by atoms with Gasteiger partial charge in [0, 0.05) is 22.6 Å². The summed E-state index contributed by atoms with van der Waals surface area (Å²) in [6, 6.07) is 7.55. The first-order chi connectivity index (χ1) is 12.6. The number of benzene rings is 1. The fourth-order valence-electron chi connectivity index (χ4n) is 3.62. The second-order valence-electron chi connectivity index (χ2n) is 6.87. The molecule has 3 atom stereocenters. The van der Waals surface area contributed by atoms with E-state index in [1.165, 1.54) is 11.8 Å². The Kier molecular flexibility index (Phi) is 4.94. The maximum Gasteiger partial charge on any atom is 0.414 e. The molecule has 0 saturated carbocycles. The zero-order chi connectivity index (χ0) is 20.0. The molecule has 0 radical (unpaired) electrons.